The lowest BCUT2D eigenvalue weighted by Crippen LogP contribution is -2.12. The highest BCUT2D eigenvalue weighted by atomic mass is 16.1. The first-order valence-corrected chi connectivity index (χ1v) is 8.90. The number of nitrogens with zero attached hydrogens (tertiary/aromatic N) is 1. The van der Waals surface area contributed by atoms with Crippen LogP contribution in [0.15, 0.2) is 67.0 Å². The van der Waals surface area contributed by atoms with Crippen LogP contribution >= 0.6 is 0 Å². The molecule has 132 valence electrons. The second kappa shape index (κ2) is 8.30. The van der Waals surface area contributed by atoms with E-state index in [0.29, 0.717) is 5.56 Å². The van der Waals surface area contributed by atoms with Gasteiger partial charge >= 0.3 is 0 Å². The highest BCUT2D eigenvalue weighted by Crippen LogP contribution is 2.21. The number of hydrogen-bond acceptors (Lipinski definition) is 3. The molecule has 1 heterocycles. The topological polar surface area (TPSA) is 54.0 Å². The predicted molar refractivity (Wildman–Crippen MR) is 107 cm³/mol. The fourth-order valence-corrected chi connectivity index (χ4v) is 2.77. The number of carbonyl (C=O) groups excluding carboxylic acids is 1. The number of aromatic nitrogens is 1. The quantitative estimate of drug-likeness (QED) is 0.645. The van der Waals surface area contributed by atoms with Crippen LogP contribution in [0.25, 0.3) is 0 Å². The van der Waals surface area contributed by atoms with Gasteiger partial charge in [-0.2, -0.15) is 0 Å². The zero-order valence-corrected chi connectivity index (χ0v) is 15.1. The summed E-state index contributed by atoms with van der Waals surface area (Å²) in [5, 5.41) is 6.27. The molecule has 2 aromatic carbocycles. The van der Waals surface area contributed by atoms with Crippen LogP contribution in [0.4, 0.5) is 17.1 Å². The number of para-hydroxylation sites is 1. The average molecular weight is 345 g/mol. The smallest absolute Gasteiger partial charge is 0.257 e. The lowest BCUT2D eigenvalue weighted by Gasteiger charge is -2.12. The minimum Gasteiger partial charge on any atom is -0.354 e. The van der Waals surface area contributed by atoms with Crippen LogP contribution in [0.2, 0.25) is 0 Å². The number of benzene rings is 2. The van der Waals surface area contributed by atoms with Crippen LogP contribution in [0.1, 0.15) is 35.3 Å². The van der Waals surface area contributed by atoms with Gasteiger partial charge in [0.05, 0.1) is 17.4 Å². The first-order valence-electron chi connectivity index (χ1n) is 8.90. The van der Waals surface area contributed by atoms with Crippen molar-refractivity contribution in [2.24, 2.45) is 0 Å². The first kappa shape index (κ1) is 17.7. The van der Waals surface area contributed by atoms with E-state index in [1.807, 2.05) is 48.5 Å². The van der Waals surface area contributed by atoms with E-state index in [-0.39, 0.29) is 5.91 Å². The number of aryl methyl sites for hydroxylation is 2. The number of anilines is 3. The standard InChI is InChI=1S/C22H23N3O/c1-3-16-9-11-19(12-10-16)25-22(26)18-13-20(15-23-14-18)24-21-8-6-5-7-17(21)4-2/h5-15,24H,3-4H2,1-2H3,(H,25,26). The van der Waals surface area contributed by atoms with Crippen molar-refractivity contribution >= 4 is 23.0 Å². The summed E-state index contributed by atoms with van der Waals surface area (Å²) < 4.78 is 0. The molecule has 0 aliphatic carbocycles. The molecule has 0 atom stereocenters. The van der Waals surface area contributed by atoms with Crippen LogP contribution in [0.5, 0.6) is 0 Å². The normalized spacial score (nSPS) is 10.4. The Kier molecular flexibility index (Phi) is 5.64. The molecule has 3 aromatic rings. The first-order chi connectivity index (χ1) is 12.7. The number of nitrogens with one attached hydrogen (secondary N) is 2. The van der Waals surface area contributed by atoms with E-state index in [1.54, 1.807) is 12.4 Å². The van der Waals surface area contributed by atoms with E-state index in [1.165, 1.54) is 11.1 Å². The summed E-state index contributed by atoms with van der Waals surface area (Å²) >= 11 is 0. The van der Waals surface area contributed by atoms with Gasteiger partial charge in [-0.25, -0.2) is 0 Å². The third-order valence-electron chi connectivity index (χ3n) is 4.30. The van der Waals surface area contributed by atoms with Crippen LogP contribution in [-0.4, -0.2) is 10.9 Å². The minimum absolute atomic E-state index is 0.172. The Hall–Kier alpha value is -3.14. The molecule has 0 saturated carbocycles. The Morgan fingerprint density at radius 1 is 0.923 bits per heavy atom. The molecule has 0 aliphatic heterocycles. The lowest BCUT2D eigenvalue weighted by atomic mass is 10.1. The summed E-state index contributed by atoms with van der Waals surface area (Å²) in [6, 6.07) is 17.8. The number of carbonyl (C=O) groups is 1. The molecule has 1 amide bonds. The summed E-state index contributed by atoms with van der Waals surface area (Å²) in [6.45, 7) is 4.22. The van der Waals surface area contributed by atoms with Crippen molar-refractivity contribution in [1.29, 1.82) is 0 Å². The van der Waals surface area contributed by atoms with Crippen molar-refractivity contribution in [3.05, 3.63) is 83.7 Å². The summed E-state index contributed by atoms with van der Waals surface area (Å²) in [5.74, 6) is -0.172. The average Bonchev–Trinajstić information content (AvgIpc) is 2.69. The van der Waals surface area contributed by atoms with Gasteiger partial charge in [-0.1, -0.05) is 44.2 Å². The molecule has 0 unspecified atom stereocenters. The van der Waals surface area contributed by atoms with Crippen LogP contribution in [0.3, 0.4) is 0 Å². The molecule has 0 aliphatic rings. The van der Waals surface area contributed by atoms with Gasteiger partial charge < -0.3 is 10.6 Å². The molecule has 26 heavy (non-hydrogen) atoms. The molecule has 0 saturated heterocycles. The van der Waals surface area contributed by atoms with E-state index in [0.717, 1.165) is 29.9 Å². The SMILES string of the molecule is CCc1ccc(NC(=O)c2cncc(Nc3ccccc3CC)c2)cc1. The van der Waals surface area contributed by atoms with E-state index in [9.17, 15) is 4.79 Å². The third-order valence-corrected chi connectivity index (χ3v) is 4.30. The van der Waals surface area contributed by atoms with Gasteiger partial charge in [-0.3, -0.25) is 9.78 Å². The number of hydrogen-bond donors (Lipinski definition) is 2. The number of amides is 1. The van der Waals surface area contributed by atoms with Crippen molar-refractivity contribution in [1.82, 2.24) is 4.98 Å². The number of pyridine rings is 1. The van der Waals surface area contributed by atoms with Crippen LogP contribution < -0.4 is 10.6 Å². The molecule has 4 nitrogen and oxygen atoms in total. The molecule has 2 N–H and O–H groups in total. The summed E-state index contributed by atoms with van der Waals surface area (Å²) in [5.41, 5.74) is 5.58. The van der Waals surface area contributed by atoms with Gasteiger partial charge in [0.25, 0.3) is 5.91 Å². The Morgan fingerprint density at radius 3 is 2.42 bits per heavy atom. The fraction of sp³-hybridized carbons (Fsp3) is 0.182. The zero-order valence-electron chi connectivity index (χ0n) is 15.1. The van der Waals surface area contributed by atoms with Crippen molar-refractivity contribution in [3.63, 3.8) is 0 Å². The van der Waals surface area contributed by atoms with Gasteiger partial charge in [0.1, 0.15) is 0 Å². The van der Waals surface area contributed by atoms with Gasteiger partial charge in [0.2, 0.25) is 0 Å². The maximum absolute atomic E-state index is 12.5. The lowest BCUT2D eigenvalue weighted by molar-refractivity contribution is 0.102. The van der Waals surface area contributed by atoms with E-state index < -0.39 is 0 Å². The molecule has 0 radical (unpaired) electrons. The van der Waals surface area contributed by atoms with E-state index >= 15 is 0 Å². The minimum atomic E-state index is -0.172. The molecule has 1 aromatic heterocycles. The summed E-state index contributed by atoms with van der Waals surface area (Å²) in [7, 11) is 0. The van der Waals surface area contributed by atoms with Crippen LogP contribution in [0, 0.1) is 0 Å². The van der Waals surface area contributed by atoms with Crippen molar-refractivity contribution in [3.8, 4) is 0 Å². The molecular formula is C22H23N3O. The molecule has 4 heteroatoms. The highest BCUT2D eigenvalue weighted by molar-refractivity contribution is 6.04. The maximum atomic E-state index is 12.5. The second-order valence-electron chi connectivity index (χ2n) is 6.10. The van der Waals surface area contributed by atoms with E-state index in [4.69, 9.17) is 0 Å². The molecule has 0 spiro atoms. The van der Waals surface area contributed by atoms with Gasteiger partial charge in [0, 0.05) is 17.6 Å². The van der Waals surface area contributed by atoms with Crippen molar-refractivity contribution in [2.45, 2.75) is 26.7 Å². The Labute approximate surface area is 154 Å². The maximum Gasteiger partial charge on any atom is 0.257 e. The molecule has 0 fully saturated rings. The fourth-order valence-electron chi connectivity index (χ4n) is 2.77. The van der Waals surface area contributed by atoms with Gasteiger partial charge in [-0.15, -0.1) is 0 Å². The molecular weight excluding hydrogens is 322 g/mol. The van der Waals surface area contributed by atoms with Crippen molar-refractivity contribution in [2.75, 3.05) is 10.6 Å². The summed E-state index contributed by atoms with van der Waals surface area (Å²) in [4.78, 5) is 16.7. The van der Waals surface area contributed by atoms with Gasteiger partial charge in [-0.05, 0) is 48.2 Å². The highest BCUT2D eigenvalue weighted by Gasteiger charge is 2.09. The Balaban J connectivity index is 1.74. The molecule has 0 bridgehead atoms. The zero-order chi connectivity index (χ0) is 18.4. The van der Waals surface area contributed by atoms with Gasteiger partial charge in [0.15, 0.2) is 0 Å². The monoisotopic (exact) mass is 345 g/mol. The van der Waals surface area contributed by atoms with Crippen molar-refractivity contribution < 1.29 is 4.79 Å². The second-order valence-corrected chi connectivity index (χ2v) is 6.10. The third kappa shape index (κ3) is 4.28. The molecule has 3 rings (SSSR count). The summed E-state index contributed by atoms with van der Waals surface area (Å²) in [6.07, 6.45) is 5.21. The largest absolute Gasteiger partial charge is 0.354 e. The predicted octanol–water partition coefficient (Wildman–Crippen LogP) is 5.20. The Morgan fingerprint density at radius 2 is 1.69 bits per heavy atom. The Bertz CT molecular complexity index is 888. The van der Waals surface area contributed by atoms with Crippen LogP contribution in [-0.2, 0) is 12.8 Å². The van der Waals surface area contributed by atoms with E-state index in [2.05, 4.69) is 35.5 Å². The number of rotatable bonds is 6.